The third-order valence-electron chi connectivity index (χ3n) is 5.18. The molecule has 0 saturated carbocycles. The van der Waals surface area contributed by atoms with Crippen molar-refractivity contribution in [2.45, 2.75) is 59.6 Å². The number of anilines is 3. The number of ether oxygens (including phenoxy) is 2. The Balaban J connectivity index is 2.49. The topological polar surface area (TPSA) is 96.9 Å². The van der Waals surface area contributed by atoms with Gasteiger partial charge in [-0.25, -0.2) is 9.78 Å². The molecule has 1 aromatic heterocycles. The molecule has 0 aliphatic rings. The quantitative estimate of drug-likeness (QED) is 0.370. The lowest BCUT2D eigenvalue weighted by molar-refractivity contribution is -0.155. The number of rotatable bonds is 12. The molecule has 0 fully saturated rings. The minimum Gasteiger partial charge on any atom is -0.497 e. The number of carbonyl (C=O) groups is 2. The predicted octanol–water partition coefficient (Wildman–Crippen LogP) is 3.68. The van der Waals surface area contributed by atoms with Crippen LogP contribution in [0, 0.1) is 0 Å². The van der Waals surface area contributed by atoms with E-state index in [1.54, 1.807) is 13.3 Å². The van der Waals surface area contributed by atoms with Crippen LogP contribution in [0.3, 0.4) is 0 Å². The van der Waals surface area contributed by atoms with Crippen molar-refractivity contribution >= 4 is 29.8 Å². The van der Waals surface area contributed by atoms with Crippen molar-refractivity contribution < 1.29 is 19.1 Å². The summed E-state index contributed by atoms with van der Waals surface area (Å²) in [5, 5.41) is 3.26. The van der Waals surface area contributed by atoms with Crippen molar-refractivity contribution in [3.63, 3.8) is 0 Å². The minimum absolute atomic E-state index is 0.357. The second kappa shape index (κ2) is 12.2. The number of carbonyl (C=O) groups excluding carboxylic acids is 2. The van der Waals surface area contributed by atoms with E-state index in [-0.39, 0.29) is 0 Å². The van der Waals surface area contributed by atoms with Gasteiger partial charge in [0.2, 0.25) is 12.4 Å². The lowest BCUT2D eigenvalue weighted by Gasteiger charge is -2.27. The number of hydrogen-bond donors (Lipinski definition) is 1. The summed E-state index contributed by atoms with van der Waals surface area (Å²) in [7, 11) is 1.61. The molecule has 2 rings (SSSR count). The number of aromatic nitrogens is 2. The Morgan fingerprint density at radius 3 is 2.26 bits per heavy atom. The fraction of sp³-hybridized carbons (Fsp3) is 0.520. The Bertz CT molecular complexity index is 939. The van der Waals surface area contributed by atoms with E-state index in [0.717, 1.165) is 30.8 Å². The van der Waals surface area contributed by atoms with Crippen LogP contribution < -0.4 is 19.9 Å². The lowest BCUT2D eigenvalue weighted by Crippen LogP contribution is -2.39. The molecular weight excluding hydrogens is 434 g/mol. The molecule has 0 bridgehead atoms. The number of amides is 1. The van der Waals surface area contributed by atoms with Crippen LogP contribution in [0.1, 0.15) is 47.1 Å². The number of benzene rings is 1. The van der Waals surface area contributed by atoms with E-state index in [1.807, 2.05) is 70.7 Å². The fourth-order valence-electron chi connectivity index (χ4n) is 3.37. The molecule has 0 saturated heterocycles. The molecule has 1 unspecified atom stereocenters. The Morgan fingerprint density at radius 2 is 1.76 bits per heavy atom. The van der Waals surface area contributed by atoms with Crippen molar-refractivity contribution in [1.82, 2.24) is 9.97 Å². The largest absolute Gasteiger partial charge is 0.497 e. The van der Waals surface area contributed by atoms with Crippen molar-refractivity contribution in [2.24, 2.45) is 0 Å². The molecule has 0 radical (unpaired) electrons. The first-order chi connectivity index (χ1) is 16.1. The van der Waals surface area contributed by atoms with Crippen molar-refractivity contribution in [3.05, 3.63) is 36.0 Å². The molecule has 1 heterocycles. The van der Waals surface area contributed by atoms with Crippen LogP contribution in [0.5, 0.6) is 5.75 Å². The summed E-state index contributed by atoms with van der Waals surface area (Å²) in [6, 6.07) is 6.77. The van der Waals surface area contributed by atoms with Gasteiger partial charge in [-0.1, -0.05) is 12.1 Å². The Kier molecular flexibility index (Phi) is 9.65. The average Bonchev–Trinajstić information content (AvgIpc) is 2.80. The average molecular weight is 472 g/mol. The van der Waals surface area contributed by atoms with Crippen molar-refractivity contribution in [3.8, 4) is 5.75 Å². The third-order valence-corrected chi connectivity index (χ3v) is 5.18. The van der Waals surface area contributed by atoms with Crippen LogP contribution >= 0.6 is 0 Å². The third kappa shape index (κ3) is 7.33. The van der Waals surface area contributed by atoms with E-state index in [9.17, 15) is 9.59 Å². The van der Waals surface area contributed by atoms with E-state index in [1.165, 1.54) is 4.90 Å². The fourth-order valence-corrected chi connectivity index (χ4v) is 3.37. The van der Waals surface area contributed by atoms with Gasteiger partial charge in [0.1, 0.15) is 23.1 Å². The van der Waals surface area contributed by atoms with Crippen LogP contribution in [-0.2, 0) is 20.7 Å². The second-order valence-corrected chi connectivity index (χ2v) is 8.75. The van der Waals surface area contributed by atoms with Gasteiger partial charge in [-0.3, -0.25) is 4.79 Å². The monoisotopic (exact) mass is 471 g/mol. The summed E-state index contributed by atoms with van der Waals surface area (Å²) in [4.78, 5) is 37.5. The lowest BCUT2D eigenvalue weighted by atomic mass is 10.0. The zero-order valence-electron chi connectivity index (χ0n) is 21.3. The Hall–Kier alpha value is -3.36. The van der Waals surface area contributed by atoms with E-state index in [4.69, 9.17) is 14.5 Å². The second-order valence-electron chi connectivity index (χ2n) is 8.75. The van der Waals surface area contributed by atoms with Crippen LogP contribution in [0.4, 0.5) is 17.5 Å². The Morgan fingerprint density at radius 1 is 1.12 bits per heavy atom. The highest BCUT2D eigenvalue weighted by molar-refractivity contribution is 5.85. The minimum atomic E-state index is -0.740. The van der Waals surface area contributed by atoms with Gasteiger partial charge in [0.05, 0.1) is 13.3 Å². The molecule has 0 aliphatic heterocycles. The molecular formula is C25H37N5O4. The molecule has 0 spiro atoms. The first-order valence-electron chi connectivity index (χ1n) is 11.6. The molecule has 1 atom stereocenters. The maximum absolute atomic E-state index is 13.2. The van der Waals surface area contributed by atoms with Crippen molar-refractivity contribution in [1.29, 1.82) is 0 Å². The summed E-state index contributed by atoms with van der Waals surface area (Å²) in [5.41, 5.74) is 0.763. The highest BCUT2D eigenvalue weighted by atomic mass is 16.6. The summed E-state index contributed by atoms with van der Waals surface area (Å²) >= 11 is 0. The summed E-state index contributed by atoms with van der Waals surface area (Å²) in [6.07, 6.45) is 2.70. The van der Waals surface area contributed by atoms with Gasteiger partial charge in [-0.15, -0.1) is 0 Å². The zero-order chi connectivity index (χ0) is 25.3. The molecule has 1 amide bonds. The predicted molar refractivity (Wildman–Crippen MR) is 135 cm³/mol. The van der Waals surface area contributed by atoms with Gasteiger partial charge in [-0.05, 0) is 59.2 Å². The van der Waals surface area contributed by atoms with Gasteiger partial charge in [-0.2, -0.15) is 4.98 Å². The zero-order valence-corrected chi connectivity index (χ0v) is 21.3. The number of methoxy groups -OCH3 is 1. The number of nitrogens with zero attached hydrogens (tertiary/aromatic N) is 4. The maximum Gasteiger partial charge on any atom is 0.329 e. The number of hydrogen-bond acceptors (Lipinski definition) is 8. The van der Waals surface area contributed by atoms with Crippen LogP contribution in [0.2, 0.25) is 0 Å². The first-order valence-corrected chi connectivity index (χ1v) is 11.6. The SMILES string of the molecule is CCN(C=O)c1cnc(N(CC)CC)nc1NC(Cc1ccc(OC)cc1)C(=O)OC(C)(C)C. The van der Waals surface area contributed by atoms with Gasteiger partial charge in [0, 0.05) is 26.1 Å². The van der Waals surface area contributed by atoms with E-state index in [0.29, 0.717) is 30.4 Å². The van der Waals surface area contributed by atoms with E-state index in [2.05, 4.69) is 10.3 Å². The molecule has 1 aromatic carbocycles. The molecule has 186 valence electrons. The van der Waals surface area contributed by atoms with Crippen LogP contribution in [0.25, 0.3) is 0 Å². The first kappa shape index (κ1) is 26.9. The summed E-state index contributed by atoms with van der Waals surface area (Å²) in [6.45, 7) is 13.3. The van der Waals surface area contributed by atoms with E-state index < -0.39 is 17.6 Å². The Labute approximate surface area is 202 Å². The number of nitrogens with one attached hydrogen (secondary N) is 1. The normalized spacial score (nSPS) is 12.0. The van der Waals surface area contributed by atoms with Crippen LogP contribution in [-0.4, -0.2) is 60.7 Å². The molecule has 34 heavy (non-hydrogen) atoms. The van der Waals surface area contributed by atoms with Gasteiger partial charge in [0.25, 0.3) is 0 Å². The number of esters is 1. The highest BCUT2D eigenvalue weighted by Gasteiger charge is 2.28. The van der Waals surface area contributed by atoms with Crippen LogP contribution in [0.15, 0.2) is 30.5 Å². The standard InChI is InChI=1S/C25H37N5O4/c1-8-29(9-2)24-26-16-21(30(10-3)17-31)22(28-24)27-20(23(32)34-25(4,5)6)15-18-11-13-19(33-7)14-12-18/h11-14,16-17,20H,8-10,15H2,1-7H3,(H,26,27,28). The van der Waals surface area contributed by atoms with Gasteiger partial charge < -0.3 is 24.6 Å². The molecule has 9 nitrogen and oxygen atoms in total. The molecule has 9 heteroatoms. The molecule has 2 aromatic rings. The van der Waals surface area contributed by atoms with Crippen molar-refractivity contribution in [2.75, 3.05) is 41.9 Å². The smallest absolute Gasteiger partial charge is 0.329 e. The summed E-state index contributed by atoms with van der Waals surface area (Å²) in [5.74, 6) is 1.24. The summed E-state index contributed by atoms with van der Waals surface area (Å²) < 4.78 is 10.9. The molecule has 0 aliphatic carbocycles. The van der Waals surface area contributed by atoms with Gasteiger partial charge in [0.15, 0.2) is 5.82 Å². The van der Waals surface area contributed by atoms with E-state index >= 15 is 0 Å². The van der Waals surface area contributed by atoms with Gasteiger partial charge >= 0.3 is 5.97 Å². The molecule has 1 N–H and O–H groups in total. The highest BCUT2D eigenvalue weighted by Crippen LogP contribution is 2.27. The maximum atomic E-state index is 13.2.